The molecule has 5 aromatic carbocycles. The topological polar surface area (TPSA) is 350 Å². The zero-order valence-electron chi connectivity index (χ0n) is 81.9. The summed E-state index contributed by atoms with van der Waals surface area (Å²) in [6, 6.07) is 29.7. The number of ether oxygens (including phenoxy) is 5. The molecule has 1 unspecified atom stereocenters. The Hall–Kier alpha value is -15.3. The maximum absolute atomic E-state index is 13.2. The average Bonchev–Trinajstić information content (AvgIpc) is 1.56. The third-order valence-corrected chi connectivity index (χ3v) is 28.3. The molecule has 4 N–H and O–H groups in total. The van der Waals surface area contributed by atoms with Crippen LogP contribution in [0.5, 0.6) is 0 Å². The number of hydrogen-bond donors (Lipinski definition) is 4. The lowest BCUT2D eigenvalue weighted by atomic mass is 9.86. The van der Waals surface area contributed by atoms with Crippen LogP contribution in [0.25, 0.3) is 22.7 Å². The lowest BCUT2D eigenvalue weighted by Gasteiger charge is -2.40. The summed E-state index contributed by atoms with van der Waals surface area (Å²) in [7, 11) is 0. The normalized spacial score (nSPS) is 19.6. The van der Waals surface area contributed by atoms with Gasteiger partial charge in [0.1, 0.15) is 46.6 Å². The van der Waals surface area contributed by atoms with Crippen LogP contribution in [0.4, 0.5) is 119 Å². The Morgan fingerprint density at radius 3 is 1.05 bits per heavy atom. The van der Waals surface area contributed by atoms with E-state index in [1.165, 1.54) is 53.4 Å². The molecule has 1 saturated carbocycles. The highest BCUT2D eigenvalue weighted by molar-refractivity contribution is 5.93. The van der Waals surface area contributed by atoms with Crippen molar-refractivity contribution in [1.29, 1.82) is 0 Å². The molecule has 10 aliphatic rings. The fourth-order valence-corrected chi connectivity index (χ4v) is 21.4. The number of alkyl halides is 12. The highest BCUT2D eigenvalue weighted by Crippen LogP contribution is 2.51. The van der Waals surface area contributed by atoms with Crippen molar-refractivity contribution in [2.24, 2.45) is 11.8 Å². The van der Waals surface area contributed by atoms with E-state index in [0.717, 1.165) is 88.2 Å². The quantitative estimate of drug-likeness (QED) is 0.0431. The van der Waals surface area contributed by atoms with Crippen LogP contribution in [0.2, 0.25) is 0 Å². The standard InChI is InChI=1S/C29H25F3N6O3.C26H29F3N6O2.C25H27F3N6O2.C23H21F3N6O2/c1-17(24-22-9-7-19-13-20(29(30,31)32)8-10-21(19)37(22)16-34-24)35-26-33-12-11-23(36-26)38-25(18-5-3-2-4-6-18)28(14-40-15-28)41-27(38)39;1-14(2)22-25(4,5)37-24(36)35(22)20-10-11-30-23(33-20)32-15(3)21-19-8-6-16-12-17(26(27,28)29)7-9-18(16)34(19)13-31-21;1-13(2)22-15(4)36-24(35)34(22)20-9-10-29-23(32-20)31-14(3)21-19-7-5-16-11-17(25(26,27)28)6-8-18(16)33(19)12-30-21;1-13(29-20-27-9-6-18(30-20)31-11-22(7-8-22)34-21(31)33)19-17-4-2-14-10-15(23(24,25)26)3-5-16(14)32(17)12-28-19/h2-6,8,10-13,16-17,25H,7,9,14-15H2,1H3,(H,33,35,36);7,9-15,22H,6,8H2,1-5H3,(H,30,32,33);6,8-15,22H,5,7H2,1-4H3,(H,29,31,32);3,5-6,9-10,12-13H,2,4,7-8,11H2,1H3,(H,27,29,30)/t17-,25-;15-,22-;14-,15?,22-;13-/m0000/s1. The van der Waals surface area contributed by atoms with Crippen LogP contribution in [0, 0.1) is 11.8 Å². The van der Waals surface area contributed by atoms with Crippen LogP contribution >= 0.6 is 0 Å². The summed E-state index contributed by atoms with van der Waals surface area (Å²) >= 11 is 0. The van der Waals surface area contributed by atoms with Gasteiger partial charge in [0.25, 0.3) is 0 Å². The lowest BCUT2D eigenvalue weighted by molar-refractivity contribution is -0.170. The van der Waals surface area contributed by atoms with E-state index in [1.807, 2.05) is 125 Å². The molecule has 8 atom stereocenters. The van der Waals surface area contributed by atoms with E-state index in [0.29, 0.717) is 163 Å². The second-order valence-corrected chi connectivity index (χ2v) is 39.5. The van der Waals surface area contributed by atoms with Gasteiger partial charge in [0.2, 0.25) is 23.8 Å². The number of imidazole rings is 4. The summed E-state index contributed by atoms with van der Waals surface area (Å²) in [5.74, 6) is 3.38. The highest BCUT2D eigenvalue weighted by Gasteiger charge is 2.61. The van der Waals surface area contributed by atoms with Gasteiger partial charge in [-0.1, -0.05) is 58.0 Å². The molecule has 5 saturated heterocycles. The van der Waals surface area contributed by atoms with Gasteiger partial charge in [-0.25, -0.2) is 63.9 Å². The number of nitrogens with zero attached hydrogens (tertiary/aromatic N) is 20. The minimum atomic E-state index is -4.39. The van der Waals surface area contributed by atoms with Crippen molar-refractivity contribution >= 4 is 71.4 Å². The predicted octanol–water partition coefficient (Wildman–Crippen LogP) is 20.9. The SMILES string of the molecule is CC(C)[C@@H]1N(c2ccnc(N[C@@H](C)c3ncn4c3CCc3cc(C(F)(F)F)ccc3-4)n2)C(=O)OC1(C)C.CC(C)[C@H]1C(C)OC(=O)N1c1ccnc(N[C@@H](C)c2ncn3c2CCc2cc(C(F)(F)F)ccc2-3)n1.C[C@H](Nc1nccc(N2C(=O)OC3(COC3)[C@@H]2c2ccccc2)n1)c1ncn2c1CCc1cc(C(F)(F)F)ccc1-2.C[C@H](Nc1nccc(N2CC3(CC3)OC2=O)n1)c1ncn2c1CCc1cc(C(F)(F)F)ccc1-2. The number of carbonyl (C=O) groups is 4. The van der Waals surface area contributed by atoms with Crippen molar-refractivity contribution in [3.63, 3.8) is 0 Å². The Morgan fingerprint density at radius 1 is 0.378 bits per heavy atom. The fourth-order valence-electron chi connectivity index (χ4n) is 21.4. The number of amides is 4. The molecular formula is C103H102F12N24O9. The van der Waals surface area contributed by atoms with Crippen molar-refractivity contribution in [2.75, 3.05) is 60.6 Å². The van der Waals surface area contributed by atoms with E-state index in [4.69, 9.17) is 23.7 Å². The number of hydrogen-bond acceptors (Lipinski definition) is 25. The number of nitrogens with one attached hydrogen (secondary N) is 4. The Balaban J connectivity index is 0.000000120. The van der Waals surface area contributed by atoms with Gasteiger partial charge in [0.15, 0.2) is 5.60 Å². The fraction of sp³-hybridized carbons (Fsp3) is 0.398. The molecule has 0 radical (unpaired) electrons. The number of benzene rings is 5. The van der Waals surface area contributed by atoms with Crippen LogP contribution in [-0.2, 0) is 99.8 Å². The van der Waals surface area contributed by atoms with E-state index in [2.05, 4.69) is 81.1 Å². The van der Waals surface area contributed by atoms with Gasteiger partial charge in [-0.15, -0.1) is 0 Å². The molecule has 6 fully saturated rings. The predicted molar refractivity (Wildman–Crippen MR) is 516 cm³/mol. The first kappa shape index (κ1) is 100.0. The van der Waals surface area contributed by atoms with Gasteiger partial charge >= 0.3 is 49.1 Å². The number of carbonyl (C=O) groups excluding carboxylic acids is 4. The van der Waals surface area contributed by atoms with Crippen LogP contribution in [0.1, 0.15) is 215 Å². The first-order chi connectivity index (χ1) is 70.4. The minimum Gasteiger partial charge on any atom is -0.444 e. The van der Waals surface area contributed by atoms with Crippen molar-refractivity contribution in [2.45, 2.75) is 230 Å². The van der Waals surface area contributed by atoms with Crippen LogP contribution in [0.15, 0.2) is 177 Å². The first-order valence-corrected chi connectivity index (χ1v) is 48.5. The number of rotatable bonds is 19. The number of anilines is 8. The highest BCUT2D eigenvalue weighted by atomic mass is 19.4. The van der Waals surface area contributed by atoms with Gasteiger partial charge in [-0.05, 0) is 249 Å². The zero-order valence-corrected chi connectivity index (χ0v) is 81.9. The third-order valence-electron chi connectivity index (χ3n) is 28.3. The van der Waals surface area contributed by atoms with Crippen LogP contribution in [-0.4, -0.2) is 157 Å². The van der Waals surface area contributed by atoms with E-state index < -0.39 is 88.6 Å². The van der Waals surface area contributed by atoms with Crippen molar-refractivity contribution in [3.05, 3.63) is 273 Å². The van der Waals surface area contributed by atoms with E-state index >= 15 is 0 Å². The Morgan fingerprint density at radius 2 is 0.723 bits per heavy atom. The smallest absolute Gasteiger partial charge is 0.417 e. The van der Waals surface area contributed by atoms with Crippen molar-refractivity contribution in [3.8, 4) is 22.7 Å². The van der Waals surface area contributed by atoms with Crippen molar-refractivity contribution in [1.82, 2.24) is 78.1 Å². The lowest BCUT2D eigenvalue weighted by Crippen LogP contribution is -2.54. The summed E-state index contributed by atoms with van der Waals surface area (Å²) in [5.41, 5.74) is 8.65. The minimum absolute atomic E-state index is 0.138. The summed E-state index contributed by atoms with van der Waals surface area (Å²) in [6.45, 7) is 22.6. The Labute approximate surface area is 839 Å². The molecule has 33 nitrogen and oxygen atoms in total. The average molecular weight is 2050 g/mol. The number of fused-ring (bicyclic) bond motifs is 12. The molecule has 2 spiro atoms. The third kappa shape index (κ3) is 19.3. The molecule has 17 heterocycles. The monoisotopic (exact) mass is 2050 g/mol. The molecule has 8 aromatic heterocycles. The summed E-state index contributed by atoms with van der Waals surface area (Å²) in [6.07, 6.45) is -0.752. The maximum Gasteiger partial charge on any atom is 0.417 e. The number of aryl methyl sites for hydroxylation is 4. The number of halogens is 12. The van der Waals surface area contributed by atoms with Crippen LogP contribution in [0.3, 0.4) is 0 Å². The van der Waals surface area contributed by atoms with Gasteiger partial charge in [-0.2, -0.15) is 72.6 Å². The Bertz CT molecular complexity index is 7280. The molecule has 1 aliphatic carbocycles. The van der Waals surface area contributed by atoms with Gasteiger partial charge < -0.3 is 63.2 Å². The van der Waals surface area contributed by atoms with Gasteiger partial charge in [0, 0.05) is 70.3 Å². The molecular weight excluding hydrogens is 1950 g/mol. The molecule has 9 aliphatic heterocycles. The zero-order chi connectivity index (χ0) is 104. The first-order valence-electron chi connectivity index (χ1n) is 48.5. The maximum atomic E-state index is 13.2. The molecule has 148 heavy (non-hydrogen) atoms. The van der Waals surface area contributed by atoms with Gasteiger partial charge in [-0.3, -0.25) is 14.7 Å². The molecule has 23 rings (SSSR count). The number of cyclic esters (lactones) is 2. The molecule has 13 aromatic rings. The summed E-state index contributed by atoms with van der Waals surface area (Å²) in [5, 5.41) is 13.0. The van der Waals surface area contributed by atoms with Crippen LogP contribution < -0.4 is 40.9 Å². The van der Waals surface area contributed by atoms with Crippen molar-refractivity contribution < 1.29 is 95.5 Å². The number of aromatic nitrogens is 16. The molecule has 0 bridgehead atoms. The molecule has 4 amide bonds. The van der Waals surface area contributed by atoms with Gasteiger partial charge in [0.05, 0.1) is 126 Å². The van der Waals surface area contributed by atoms with E-state index in [9.17, 15) is 71.9 Å². The second-order valence-electron chi connectivity index (χ2n) is 39.5. The summed E-state index contributed by atoms with van der Waals surface area (Å²) in [4.78, 5) is 111. The molecule has 45 heteroatoms. The summed E-state index contributed by atoms with van der Waals surface area (Å²) < 4.78 is 193. The van der Waals surface area contributed by atoms with E-state index in [-0.39, 0.29) is 59.8 Å². The Kier molecular flexibility index (Phi) is 25.8. The van der Waals surface area contributed by atoms with E-state index in [1.54, 1.807) is 89.1 Å². The largest absolute Gasteiger partial charge is 0.444 e. The molecule has 772 valence electrons. The second kappa shape index (κ2) is 38.2.